The van der Waals surface area contributed by atoms with Crippen molar-refractivity contribution < 1.29 is 18.3 Å². The molecule has 0 heterocycles. The molecule has 1 aliphatic carbocycles. The Morgan fingerprint density at radius 2 is 1.76 bits per heavy atom. The lowest BCUT2D eigenvalue weighted by molar-refractivity contribution is -0.137. The first kappa shape index (κ1) is 18.0. The molecule has 5 heteroatoms. The molecule has 0 spiro atoms. The zero-order valence-electron chi connectivity index (χ0n) is 14.1. The summed E-state index contributed by atoms with van der Waals surface area (Å²) in [6.07, 6.45) is -3.53. The third kappa shape index (κ3) is 3.58. The first-order chi connectivity index (χ1) is 11.9. The van der Waals surface area contributed by atoms with E-state index in [4.69, 9.17) is 5.11 Å². The van der Waals surface area contributed by atoms with E-state index in [1.165, 1.54) is 12.1 Å². The van der Waals surface area contributed by atoms with Crippen LogP contribution in [0, 0.1) is 5.92 Å². The van der Waals surface area contributed by atoms with Crippen molar-refractivity contribution in [2.24, 2.45) is 5.92 Å². The van der Waals surface area contributed by atoms with E-state index in [0.717, 1.165) is 30.2 Å². The highest BCUT2D eigenvalue weighted by molar-refractivity contribution is 5.48. The Hall–Kier alpha value is -1.85. The fourth-order valence-corrected chi connectivity index (χ4v) is 3.77. The minimum atomic E-state index is -4.34. The van der Waals surface area contributed by atoms with Gasteiger partial charge in [-0.25, -0.2) is 0 Å². The van der Waals surface area contributed by atoms with Gasteiger partial charge in [0.2, 0.25) is 0 Å². The Bertz CT molecular complexity index is 716. The topological polar surface area (TPSA) is 23.5 Å². The van der Waals surface area contributed by atoms with Gasteiger partial charge in [0.25, 0.3) is 0 Å². The summed E-state index contributed by atoms with van der Waals surface area (Å²) in [4.78, 5) is 2.03. The van der Waals surface area contributed by atoms with Crippen molar-refractivity contribution >= 4 is 0 Å². The predicted molar refractivity (Wildman–Crippen MR) is 91.4 cm³/mol. The minimum absolute atomic E-state index is 0.0745. The largest absolute Gasteiger partial charge is 0.416 e. The summed E-state index contributed by atoms with van der Waals surface area (Å²) in [6.45, 7) is 1.38. The van der Waals surface area contributed by atoms with Gasteiger partial charge in [-0.1, -0.05) is 48.5 Å². The van der Waals surface area contributed by atoms with Gasteiger partial charge < -0.3 is 10.0 Å². The molecule has 25 heavy (non-hydrogen) atoms. The normalized spacial score (nSPS) is 23.0. The van der Waals surface area contributed by atoms with E-state index in [2.05, 4.69) is 0 Å². The number of aliphatic hydroxyl groups excluding tert-OH is 1. The van der Waals surface area contributed by atoms with Crippen LogP contribution in [0.25, 0.3) is 0 Å². The first-order valence-corrected chi connectivity index (χ1v) is 8.40. The quantitative estimate of drug-likeness (QED) is 0.854. The second kappa shape index (κ2) is 6.81. The van der Waals surface area contributed by atoms with Crippen molar-refractivity contribution in [1.82, 2.24) is 4.90 Å². The molecule has 0 aromatic heterocycles. The highest BCUT2D eigenvalue weighted by Crippen LogP contribution is 2.59. The second-order valence-corrected chi connectivity index (χ2v) is 6.80. The van der Waals surface area contributed by atoms with Crippen molar-refractivity contribution in [3.8, 4) is 0 Å². The van der Waals surface area contributed by atoms with Crippen molar-refractivity contribution in [2.75, 3.05) is 26.7 Å². The molecule has 1 aliphatic rings. The summed E-state index contributed by atoms with van der Waals surface area (Å²) in [5.74, 6) is 0.231. The molecule has 0 bridgehead atoms. The molecule has 1 saturated carbocycles. The molecule has 134 valence electrons. The van der Waals surface area contributed by atoms with Gasteiger partial charge in [-0.3, -0.25) is 0 Å². The molecule has 1 fully saturated rings. The lowest BCUT2D eigenvalue weighted by Gasteiger charge is -2.23. The van der Waals surface area contributed by atoms with Gasteiger partial charge in [0, 0.05) is 18.5 Å². The lowest BCUT2D eigenvalue weighted by atomic mass is 9.85. The van der Waals surface area contributed by atoms with Crippen LogP contribution in [0.5, 0.6) is 0 Å². The minimum Gasteiger partial charge on any atom is -0.395 e. The summed E-state index contributed by atoms with van der Waals surface area (Å²) in [5, 5.41) is 9.09. The second-order valence-electron chi connectivity index (χ2n) is 6.80. The van der Waals surface area contributed by atoms with Gasteiger partial charge in [0.15, 0.2) is 0 Å². The molecular formula is C20H22F3NO. The van der Waals surface area contributed by atoms with Crippen LogP contribution in [0.15, 0.2) is 54.6 Å². The van der Waals surface area contributed by atoms with Crippen molar-refractivity contribution in [3.63, 3.8) is 0 Å². The van der Waals surface area contributed by atoms with Crippen LogP contribution in [-0.2, 0) is 11.6 Å². The fourth-order valence-electron chi connectivity index (χ4n) is 3.77. The van der Waals surface area contributed by atoms with Crippen LogP contribution in [-0.4, -0.2) is 36.8 Å². The molecule has 2 unspecified atom stereocenters. The average Bonchev–Trinajstić information content (AvgIpc) is 3.30. The molecule has 0 radical (unpaired) electrons. The van der Waals surface area contributed by atoms with Crippen LogP contribution < -0.4 is 0 Å². The summed E-state index contributed by atoms with van der Waals surface area (Å²) in [5.41, 5.74) is 0.786. The van der Waals surface area contributed by atoms with E-state index >= 15 is 0 Å². The highest BCUT2D eigenvalue weighted by atomic mass is 19.4. The summed E-state index contributed by atoms with van der Waals surface area (Å²) in [6, 6.07) is 15.5. The Morgan fingerprint density at radius 1 is 1.08 bits per heavy atom. The molecule has 2 aromatic carbocycles. The van der Waals surface area contributed by atoms with E-state index in [0.29, 0.717) is 6.54 Å². The third-order valence-electron chi connectivity index (χ3n) is 5.11. The monoisotopic (exact) mass is 349 g/mol. The maximum atomic E-state index is 13.2. The lowest BCUT2D eigenvalue weighted by Crippen LogP contribution is -2.27. The fraction of sp³-hybridized carbons (Fsp3) is 0.400. The molecule has 2 atom stereocenters. The third-order valence-corrected chi connectivity index (χ3v) is 5.11. The zero-order chi connectivity index (χ0) is 18.1. The Balaban J connectivity index is 1.97. The number of alkyl halides is 3. The number of nitrogens with zero attached hydrogens (tertiary/aromatic N) is 1. The molecule has 0 aliphatic heterocycles. The number of benzene rings is 2. The highest BCUT2D eigenvalue weighted by Gasteiger charge is 2.56. The van der Waals surface area contributed by atoms with E-state index < -0.39 is 11.7 Å². The van der Waals surface area contributed by atoms with Crippen LogP contribution in [0.3, 0.4) is 0 Å². The molecule has 0 amide bonds. The SMILES string of the molecule is CN(CCO)CC1CC1(c1ccccc1)c1cccc(C(F)(F)F)c1. The zero-order valence-corrected chi connectivity index (χ0v) is 14.1. The van der Waals surface area contributed by atoms with E-state index in [1.807, 2.05) is 42.3 Å². The number of aliphatic hydroxyl groups is 1. The van der Waals surface area contributed by atoms with Gasteiger partial charge in [-0.15, -0.1) is 0 Å². The maximum Gasteiger partial charge on any atom is 0.416 e. The molecule has 2 aromatic rings. The van der Waals surface area contributed by atoms with Gasteiger partial charge in [-0.2, -0.15) is 13.2 Å². The van der Waals surface area contributed by atoms with Crippen molar-refractivity contribution in [2.45, 2.75) is 18.0 Å². The average molecular weight is 349 g/mol. The van der Waals surface area contributed by atoms with E-state index in [1.54, 1.807) is 6.07 Å². The Morgan fingerprint density at radius 3 is 2.40 bits per heavy atom. The van der Waals surface area contributed by atoms with Gasteiger partial charge in [-0.05, 0) is 36.6 Å². The number of rotatable bonds is 6. The number of halogens is 3. The van der Waals surface area contributed by atoms with Gasteiger partial charge in [0.1, 0.15) is 0 Å². The van der Waals surface area contributed by atoms with Crippen LogP contribution in [0.1, 0.15) is 23.1 Å². The van der Waals surface area contributed by atoms with Crippen LogP contribution in [0.4, 0.5) is 13.2 Å². The molecule has 3 rings (SSSR count). The molecule has 2 nitrogen and oxygen atoms in total. The Kier molecular flexibility index (Phi) is 4.89. The summed E-state index contributed by atoms with van der Waals surface area (Å²) < 4.78 is 39.5. The van der Waals surface area contributed by atoms with Gasteiger partial charge in [0.05, 0.1) is 12.2 Å². The van der Waals surface area contributed by atoms with Gasteiger partial charge >= 0.3 is 6.18 Å². The first-order valence-electron chi connectivity index (χ1n) is 8.40. The summed E-state index contributed by atoms with van der Waals surface area (Å²) >= 11 is 0. The van der Waals surface area contributed by atoms with E-state index in [-0.39, 0.29) is 17.9 Å². The standard InChI is InChI=1S/C20H22F3NO/c1-24(10-11-25)14-18-13-19(18,15-6-3-2-4-7-15)16-8-5-9-17(12-16)20(21,22)23/h2-9,12,18,25H,10-11,13-14H2,1H3. The Labute approximate surface area is 145 Å². The van der Waals surface area contributed by atoms with Crippen LogP contribution in [0.2, 0.25) is 0 Å². The predicted octanol–water partition coefficient (Wildman–Crippen LogP) is 3.94. The summed E-state index contributed by atoms with van der Waals surface area (Å²) in [7, 11) is 1.93. The molecule has 1 N–H and O–H groups in total. The molecule has 0 saturated heterocycles. The maximum absolute atomic E-state index is 13.2. The van der Waals surface area contributed by atoms with Crippen molar-refractivity contribution in [3.05, 3.63) is 71.3 Å². The number of hydrogen-bond acceptors (Lipinski definition) is 2. The molecular weight excluding hydrogens is 327 g/mol. The van der Waals surface area contributed by atoms with E-state index in [9.17, 15) is 13.2 Å². The smallest absolute Gasteiger partial charge is 0.395 e. The number of hydrogen-bond donors (Lipinski definition) is 1. The number of likely N-dealkylation sites (N-methyl/N-ethyl adjacent to an activating group) is 1. The van der Waals surface area contributed by atoms with Crippen LogP contribution >= 0.6 is 0 Å². The van der Waals surface area contributed by atoms with Crippen molar-refractivity contribution in [1.29, 1.82) is 0 Å².